The Labute approximate surface area is 83.7 Å². The molecule has 5 nitrogen and oxygen atoms in total. The fraction of sp³-hybridized carbons (Fsp3) is 0.429. The minimum Gasteiger partial charge on any atom is -0.480 e. The van der Waals surface area contributed by atoms with Crippen LogP contribution in [-0.4, -0.2) is 26.9 Å². The first-order valence-electron chi connectivity index (χ1n) is 3.67. The SMILES string of the molecule is Cn1cc(Br)c(C[C@@H](N)C(=O)O)n1. The van der Waals surface area contributed by atoms with E-state index in [1.807, 2.05) is 0 Å². The number of nitrogens with two attached hydrogens (primary N) is 1. The van der Waals surface area contributed by atoms with Crippen molar-refractivity contribution in [2.24, 2.45) is 12.8 Å². The van der Waals surface area contributed by atoms with Gasteiger partial charge in [-0.3, -0.25) is 9.48 Å². The number of rotatable bonds is 3. The molecule has 0 fully saturated rings. The highest BCUT2D eigenvalue weighted by Gasteiger charge is 2.15. The number of hydrogen-bond acceptors (Lipinski definition) is 3. The molecule has 0 saturated carbocycles. The lowest BCUT2D eigenvalue weighted by atomic mass is 10.2. The van der Waals surface area contributed by atoms with Crippen molar-refractivity contribution in [2.45, 2.75) is 12.5 Å². The Morgan fingerprint density at radius 3 is 2.92 bits per heavy atom. The average molecular weight is 248 g/mol. The molecule has 3 N–H and O–H groups in total. The third kappa shape index (κ3) is 2.53. The van der Waals surface area contributed by atoms with Crippen molar-refractivity contribution in [2.75, 3.05) is 0 Å². The molecule has 1 aromatic heterocycles. The third-order valence-corrected chi connectivity index (χ3v) is 2.25. The minimum absolute atomic E-state index is 0.233. The van der Waals surface area contributed by atoms with Crippen LogP contribution < -0.4 is 5.73 Å². The van der Waals surface area contributed by atoms with E-state index in [-0.39, 0.29) is 6.42 Å². The Bertz CT molecular complexity index is 324. The number of nitrogens with zero attached hydrogens (tertiary/aromatic N) is 2. The maximum absolute atomic E-state index is 10.4. The first-order valence-corrected chi connectivity index (χ1v) is 4.46. The maximum Gasteiger partial charge on any atom is 0.320 e. The van der Waals surface area contributed by atoms with Gasteiger partial charge in [0.2, 0.25) is 0 Å². The predicted octanol–water partition coefficient (Wildman–Crippen LogP) is 0.137. The monoisotopic (exact) mass is 247 g/mol. The van der Waals surface area contributed by atoms with Crippen molar-refractivity contribution in [3.8, 4) is 0 Å². The lowest BCUT2D eigenvalue weighted by Crippen LogP contribution is -2.32. The van der Waals surface area contributed by atoms with E-state index in [2.05, 4.69) is 21.0 Å². The molecule has 72 valence electrons. The van der Waals surface area contributed by atoms with Crippen molar-refractivity contribution in [1.29, 1.82) is 0 Å². The van der Waals surface area contributed by atoms with Gasteiger partial charge in [-0.1, -0.05) is 0 Å². The quantitative estimate of drug-likeness (QED) is 0.797. The summed E-state index contributed by atoms with van der Waals surface area (Å²) in [6.07, 6.45) is 1.99. The molecule has 1 aromatic rings. The molecule has 0 aliphatic rings. The van der Waals surface area contributed by atoms with E-state index in [1.54, 1.807) is 17.9 Å². The summed E-state index contributed by atoms with van der Waals surface area (Å²) >= 11 is 3.26. The van der Waals surface area contributed by atoms with Gasteiger partial charge in [-0.05, 0) is 15.9 Å². The summed E-state index contributed by atoms with van der Waals surface area (Å²) in [5.74, 6) is -1.02. The zero-order valence-corrected chi connectivity index (χ0v) is 8.65. The largest absolute Gasteiger partial charge is 0.480 e. The molecule has 0 bridgehead atoms. The van der Waals surface area contributed by atoms with E-state index in [4.69, 9.17) is 10.8 Å². The second-order valence-electron chi connectivity index (χ2n) is 2.75. The van der Waals surface area contributed by atoms with Crippen LogP contribution in [0.15, 0.2) is 10.7 Å². The number of carboxylic acid groups (broad SMARTS) is 1. The van der Waals surface area contributed by atoms with E-state index in [9.17, 15) is 4.79 Å². The van der Waals surface area contributed by atoms with Crippen LogP contribution in [0.3, 0.4) is 0 Å². The lowest BCUT2D eigenvalue weighted by Gasteiger charge is -2.02. The highest BCUT2D eigenvalue weighted by molar-refractivity contribution is 9.10. The van der Waals surface area contributed by atoms with Crippen LogP contribution in [0.2, 0.25) is 0 Å². The smallest absolute Gasteiger partial charge is 0.320 e. The Balaban J connectivity index is 2.74. The highest BCUT2D eigenvalue weighted by atomic mass is 79.9. The van der Waals surface area contributed by atoms with Gasteiger partial charge in [0, 0.05) is 19.7 Å². The van der Waals surface area contributed by atoms with Gasteiger partial charge >= 0.3 is 5.97 Å². The van der Waals surface area contributed by atoms with Gasteiger partial charge < -0.3 is 10.8 Å². The van der Waals surface area contributed by atoms with Crippen LogP contribution >= 0.6 is 15.9 Å². The number of aryl methyl sites for hydroxylation is 1. The molecule has 0 radical (unpaired) electrons. The third-order valence-electron chi connectivity index (χ3n) is 1.58. The van der Waals surface area contributed by atoms with Crippen molar-refractivity contribution < 1.29 is 9.90 Å². The van der Waals surface area contributed by atoms with E-state index < -0.39 is 12.0 Å². The molecule has 0 aliphatic carbocycles. The standard InChI is InChI=1S/C7H10BrN3O2/c1-11-3-4(8)6(10-11)2-5(9)7(12)13/h3,5H,2,9H2,1H3,(H,12,13)/t5-/m1/s1. The van der Waals surface area contributed by atoms with Crippen LogP contribution in [0.1, 0.15) is 5.69 Å². The molecule has 1 atom stereocenters. The predicted molar refractivity (Wildman–Crippen MR) is 50.2 cm³/mol. The molecule has 0 spiro atoms. The molecule has 0 saturated heterocycles. The molecular weight excluding hydrogens is 238 g/mol. The van der Waals surface area contributed by atoms with E-state index >= 15 is 0 Å². The second kappa shape index (κ2) is 3.89. The zero-order valence-electron chi connectivity index (χ0n) is 7.07. The zero-order chi connectivity index (χ0) is 10.0. The molecule has 1 rings (SSSR count). The fourth-order valence-corrected chi connectivity index (χ4v) is 1.48. The summed E-state index contributed by atoms with van der Waals surface area (Å²) in [6, 6.07) is -0.897. The fourth-order valence-electron chi connectivity index (χ4n) is 0.940. The molecule has 6 heteroatoms. The second-order valence-corrected chi connectivity index (χ2v) is 3.60. The Morgan fingerprint density at radius 1 is 1.92 bits per heavy atom. The molecule has 0 aliphatic heterocycles. The molecule has 1 heterocycles. The molecule has 0 aromatic carbocycles. The van der Waals surface area contributed by atoms with E-state index in [0.717, 1.165) is 4.47 Å². The van der Waals surface area contributed by atoms with Crippen molar-refractivity contribution >= 4 is 21.9 Å². The van der Waals surface area contributed by atoms with Gasteiger partial charge in [0.25, 0.3) is 0 Å². The van der Waals surface area contributed by atoms with Gasteiger partial charge in [-0.15, -0.1) is 0 Å². The minimum atomic E-state index is -1.02. The Hall–Kier alpha value is -0.880. The summed E-state index contributed by atoms with van der Waals surface area (Å²) in [7, 11) is 1.76. The number of aromatic nitrogens is 2. The number of carbonyl (C=O) groups is 1. The molecular formula is C7H10BrN3O2. The number of hydrogen-bond donors (Lipinski definition) is 2. The van der Waals surface area contributed by atoms with Crippen LogP contribution in [0.25, 0.3) is 0 Å². The van der Waals surface area contributed by atoms with Crippen LogP contribution in [-0.2, 0) is 18.3 Å². The maximum atomic E-state index is 10.4. The van der Waals surface area contributed by atoms with Crippen molar-refractivity contribution in [3.05, 3.63) is 16.4 Å². The van der Waals surface area contributed by atoms with Gasteiger partial charge in [0.05, 0.1) is 10.2 Å². The first-order chi connectivity index (χ1) is 6.00. The molecule has 13 heavy (non-hydrogen) atoms. The van der Waals surface area contributed by atoms with Crippen molar-refractivity contribution in [1.82, 2.24) is 9.78 Å². The van der Waals surface area contributed by atoms with E-state index in [1.165, 1.54) is 0 Å². The molecule has 0 amide bonds. The van der Waals surface area contributed by atoms with Gasteiger partial charge in [0.15, 0.2) is 0 Å². The average Bonchev–Trinajstić information content (AvgIpc) is 2.30. The highest BCUT2D eigenvalue weighted by Crippen LogP contribution is 2.15. The number of halogens is 1. The topological polar surface area (TPSA) is 81.1 Å². The van der Waals surface area contributed by atoms with Crippen molar-refractivity contribution in [3.63, 3.8) is 0 Å². The Morgan fingerprint density at radius 2 is 2.54 bits per heavy atom. The van der Waals surface area contributed by atoms with Crippen LogP contribution in [0.4, 0.5) is 0 Å². The summed E-state index contributed by atoms with van der Waals surface area (Å²) < 4.78 is 2.39. The summed E-state index contributed by atoms with van der Waals surface area (Å²) in [5, 5.41) is 12.6. The van der Waals surface area contributed by atoms with Crippen LogP contribution in [0.5, 0.6) is 0 Å². The number of aliphatic carboxylic acids is 1. The lowest BCUT2D eigenvalue weighted by molar-refractivity contribution is -0.138. The van der Waals surface area contributed by atoms with E-state index in [0.29, 0.717) is 5.69 Å². The Kier molecular flexibility index (Phi) is 3.05. The first kappa shape index (κ1) is 10.2. The summed E-state index contributed by atoms with van der Waals surface area (Å²) in [5.41, 5.74) is 6.02. The normalized spacial score (nSPS) is 12.8. The summed E-state index contributed by atoms with van der Waals surface area (Å²) in [6.45, 7) is 0. The van der Waals surface area contributed by atoms with Crippen LogP contribution in [0, 0.1) is 0 Å². The van der Waals surface area contributed by atoms with Gasteiger partial charge in [-0.2, -0.15) is 5.10 Å². The van der Waals surface area contributed by atoms with Gasteiger partial charge in [0.1, 0.15) is 6.04 Å². The number of carboxylic acids is 1. The molecule has 0 unspecified atom stereocenters. The summed E-state index contributed by atoms with van der Waals surface area (Å²) in [4.78, 5) is 10.4. The van der Waals surface area contributed by atoms with Gasteiger partial charge in [-0.25, -0.2) is 0 Å².